The molecule has 2 aromatic rings. The van der Waals surface area contributed by atoms with E-state index in [0.717, 1.165) is 44.3 Å². The van der Waals surface area contributed by atoms with Gasteiger partial charge in [0.2, 0.25) is 10.0 Å². The predicted molar refractivity (Wildman–Crippen MR) is 123 cm³/mol. The molecule has 2 fully saturated rings. The highest BCUT2D eigenvalue weighted by atomic mass is 32.2. The standard InChI is InChI=1S/C24H30N2O5S/c1-18-11-12-20(32(28,29)26-13-5-2-6-14-26)16-22(18)25-24(27)21-9-3-4-10-23(21)31-17-19-8-7-15-30-19/h3-4,9-12,16,19H,2,5-8,13-15,17H2,1H3,(H,25,27). The van der Waals surface area contributed by atoms with Gasteiger partial charge in [0.25, 0.3) is 5.91 Å². The highest BCUT2D eigenvalue weighted by Gasteiger charge is 2.27. The molecule has 2 saturated heterocycles. The molecule has 1 unspecified atom stereocenters. The van der Waals surface area contributed by atoms with E-state index in [9.17, 15) is 13.2 Å². The van der Waals surface area contributed by atoms with Crippen molar-refractivity contribution in [3.05, 3.63) is 53.6 Å². The highest BCUT2D eigenvalue weighted by Crippen LogP contribution is 2.27. The van der Waals surface area contributed by atoms with Crippen LogP contribution in [-0.4, -0.2) is 51.0 Å². The van der Waals surface area contributed by atoms with Crippen LogP contribution in [-0.2, 0) is 14.8 Å². The van der Waals surface area contributed by atoms with Gasteiger partial charge in [-0.1, -0.05) is 24.6 Å². The van der Waals surface area contributed by atoms with E-state index < -0.39 is 10.0 Å². The molecule has 0 radical (unpaired) electrons. The van der Waals surface area contributed by atoms with Crippen LogP contribution in [0.3, 0.4) is 0 Å². The van der Waals surface area contributed by atoms with E-state index >= 15 is 0 Å². The Bertz CT molecular complexity index is 1060. The van der Waals surface area contributed by atoms with Crippen molar-refractivity contribution in [2.75, 3.05) is 31.6 Å². The van der Waals surface area contributed by atoms with E-state index in [1.807, 2.05) is 13.0 Å². The number of ether oxygens (including phenoxy) is 2. The van der Waals surface area contributed by atoms with E-state index in [-0.39, 0.29) is 16.9 Å². The van der Waals surface area contributed by atoms with Crippen LogP contribution in [0.15, 0.2) is 47.4 Å². The van der Waals surface area contributed by atoms with Crippen molar-refractivity contribution < 1.29 is 22.7 Å². The molecule has 172 valence electrons. The number of amides is 1. The van der Waals surface area contributed by atoms with Gasteiger partial charge in [-0.25, -0.2) is 8.42 Å². The summed E-state index contributed by atoms with van der Waals surface area (Å²) in [6.07, 6.45) is 4.81. The van der Waals surface area contributed by atoms with Gasteiger partial charge in [-0.2, -0.15) is 4.31 Å². The zero-order valence-electron chi connectivity index (χ0n) is 18.4. The largest absolute Gasteiger partial charge is 0.490 e. The molecule has 1 amide bonds. The molecule has 0 spiro atoms. The van der Waals surface area contributed by atoms with Gasteiger partial charge in [0.15, 0.2) is 0 Å². The van der Waals surface area contributed by atoms with Crippen LogP contribution < -0.4 is 10.1 Å². The molecule has 0 saturated carbocycles. The first kappa shape index (κ1) is 22.8. The predicted octanol–water partition coefficient (Wildman–Crippen LogP) is 3.98. The Labute approximate surface area is 189 Å². The minimum Gasteiger partial charge on any atom is -0.490 e. The van der Waals surface area contributed by atoms with Crippen LogP contribution in [0.1, 0.15) is 48.0 Å². The van der Waals surface area contributed by atoms with Crippen LogP contribution in [0.2, 0.25) is 0 Å². The Hall–Kier alpha value is -2.42. The second-order valence-corrected chi connectivity index (χ2v) is 10.3. The van der Waals surface area contributed by atoms with Crippen molar-refractivity contribution in [2.45, 2.75) is 50.0 Å². The molecule has 2 aromatic carbocycles. The Morgan fingerprint density at radius 1 is 1.12 bits per heavy atom. The quantitative estimate of drug-likeness (QED) is 0.678. The molecule has 1 atom stereocenters. The number of benzene rings is 2. The lowest BCUT2D eigenvalue weighted by atomic mass is 10.1. The molecule has 1 N–H and O–H groups in total. The molecule has 0 bridgehead atoms. The average molecular weight is 459 g/mol. The smallest absolute Gasteiger partial charge is 0.259 e. The lowest BCUT2D eigenvalue weighted by molar-refractivity contribution is 0.0673. The monoisotopic (exact) mass is 458 g/mol. The number of sulfonamides is 1. The van der Waals surface area contributed by atoms with Gasteiger partial charge in [0, 0.05) is 25.4 Å². The van der Waals surface area contributed by atoms with Crippen molar-refractivity contribution in [1.29, 1.82) is 0 Å². The van der Waals surface area contributed by atoms with Gasteiger partial charge in [0.1, 0.15) is 12.4 Å². The molecule has 7 nitrogen and oxygen atoms in total. The first-order valence-corrected chi connectivity index (χ1v) is 12.6. The summed E-state index contributed by atoms with van der Waals surface area (Å²) in [7, 11) is -3.58. The number of piperidine rings is 1. The van der Waals surface area contributed by atoms with Crippen LogP contribution in [0.4, 0.5) is 5.69 Å². The minimum absolute atomic E-state index is 0.0463. The van der Waals surface area contributed by atoms with E-state index in [2.05, 4.69) is 5.32 Å². The third-order valence-corrected chi connectivity index (χ3v) is 7.89. The lowest BCUT2D eigenvalue weighted by Crippen LogP contribution is -2.35. The topological polar surface area (TPSA) is 84.9 Å². The maximum atomic E-state index is 13.1. The second-order valence-electron chi connectivity index (χ2n) is 8.34. The summed E-state index contributed by atoms with van der Waals surface area (Å²) in [5.41, 5.74) is 1.66. The fraction of sp³-hybridized carbons (Fsp3) is 0.458. The van der Waals surface area contributed by atoms with Gasteiger partial charge in [-0.3, -0.25) is 4.79 Å². The van der Waals surface area contributed by atoms with Gasteiger partial charge in [-0.15, -0.1) is 0 Å². The summed E-state index contributed by atoms with van der Waals surface area (Å²) in [6, 6.07) is 11.9. The van der Waals surface area contributed by atoms with Crippen molar-refractivity contribution in [1.82, 2.24) is 4.31 Å². The molecule has 32 heavy (non-hydrogen) atoms. The first-order valence-electron chi connectivity index (χ1n) is 11.2. The fourth-order valence-electron chi connectivity index (χ4n) is 4.08. The molecular weight excluding hydrogens is 428 g/mol. The van der Waals surface area contributed by atoms with Gasteiger partial charge in [0.05, 0.1) is 16.6 Å². The number of nitrogens with one attached hydrogen (secondary N) is 1. The molecule has 2 aliphatic heterocycles. The maximum absolute atomic E-state index is 13.1. The summed E-state index contributed by atoms with van der Waals surface area (Å²) < 4.78 is 39.1. The zero-order chi connectivity index (χ0) is 22.6. The van der Waals surface area contributed by atoms with Crippen LogP contribution in [0.5, 0.6) is 5.75 Å². The Kier molecular flexibility index (Phi) is 7.13. The summed E-state index contributed by atoms with van der Waals surface area (Å²) in [5.74, 6) is 0.138. The van der Waals surface area contributed by atoms with E-state index in [1.54, 1.807) is 36.4 Å². The molecule has 4 rings (SSSR count). The van der Waals surface area contributed by atoms with Crippen molar-refractivity contribution in [2.24, 2.45) is 0 Å². The van der Waals surface area contributed by atoms with E-state index in [1.165, 1.54) is 4.31 Å². The number of para-hydroxylation sites is 1. The average Bonchev–Trinajstić information content (AvgIpc) is 3.33. The number of nitrogens with zero attached hydrogens (tertiary/aromatic N) is 1. The number of aryl methyl sites for hydroxylation is 1. The van der Waals surface area contributed by atoms with Crippen molar-refractivity contribution in [3.63, 3.8) is 0 Å². The summed E-state index contributed by atoms with van der Waals surface area (Å²) in [6.45, 7) is 4.05. The number of anilines is 1. The summed E-state index contributed by atoms with van der Waals surface area (Å²) in [4.78, 5) is 13.3. The summed E-state index contributed by atoms with van der Waals surface area (Å²) in [5, 5.41) is 2.88. The Morgan fingerprint density at radius 3 is 2.66 bits per heavy atom. The minimum atomic E-state index is -3.58. The summed E-state index contributed by atoms with van der Waals surface area (Å²) >= 11 is 0. The number of carbonyl (C=O) groups excluding carboxylic acids is 1. The Balaban J connectivity index is 1.52. The van der Waals surface area contributed by atoms with Crippen LogP contribution in [0.25, 0.3) is 0 Å². The van der Waals surface area contributed by atoms with Crippen molar-refractivity contribution in [3.8, 4) is 5.75 Å². The van der Waals surface area contributed by atoms with E-state index in [0.29, 0.717) is 36.7 Å². The number of hydrogen-bond acceptors (Lipinski definition) is 5. The second kappa shape index (κ2) is 10.0. The number of rotatable bonds is 7. The first-order chi connectivity index (χ1) is 15.4. The molecular formula is C24H30N2O5S. The van der Waals surface area contributed by atoms with Gasteiger partial charge >= 0.3 is 0 Å². The fourth-order valence-corrected chi connectivity index (χ4v) is 5.62. The molecule has 0 aliphatic carbocycles. The normalized spacial score (nSPS) is 19.6. The molecule has 0 aromatic heterocycles. The van der Waals surface area contributed by atoms with Crippen LogP contribution in [0, 0.1) is 6.92 Å². The molecule has 2 heterocycles. The van der Waals surface area contributed by atoms with Gasteiger partial charge < -0.3 is 14.8 Å². The van der Waals surface area contributed by atoms with E-state index in [4.69, 9.17) is 9.47 Å². The SMILES string of the molecule is Cc1ccc(S(=O)(=O)N2CCCCC2)cc1NC(=O)c1ccccc1OCC1CCCO1. The highest BCUT2D eigenvalue weighted by molar-refractivity contribution is 7.89. The third-order valence-electron chi connectivity index (χ3n) is 5.99. The zero-order valence-corrected chi connectivity index (χ0v) is 19.2. The molecule has 8 heteroatoms. The van der Waals surface area contributed by atoms with Crippen LogP contribution >= 0.6 is 0 Å². The maximum Gasteiger partial charge on any atom is 0.259 e. The third kappa shape index (κ3) is 5.14. The Morgan fingerprint density at radius 2 is 1.91 bits per heavy atom. The molecule has 2 aliphatic rings. The van der Waals surface area contributed by atoms with Gasteiger partial charge in [-0.05, 0) is 62.4 Å². The number of hydrogen-bond donors (Lipinski definition) is 1. The number of carbonyl (C=O) groups is 1. The van der Waals surface area contributed by atoms with Crippen molar-refractivity contribution >= 4 is 21.6 Å². The lowest BCUT2D eigenvalue weighted by Gasteiger charge is -2.26.